The van der Waals surface area contributed by atoms with Crippen molar-refractivity contribution >= 4 is 11.6 Å². The molecule has 1 aliphatic heterocycles. The SMILES string of the molecule is CCc1c(C)c2nccn2c(=O)n1CC(=O)N1CCC(F)C1. The highest BCUT2D eigenvalue weighted by atomic mass is 19.1. The Balaban J connectivity index is 2.01. The summed E-state index contributed by atoms with van der Waals surface area (Å²) >= 11 is 0. The van der Waals surface area contributed by atoms with Crippen molar-refractivity contribution in [1.82, 2.24) is 18.9 Å². The van der Waals surface area contributed by atoms with Crippen molar-refractivity contribution in [3.63, 3.8) is 0 Å². The van der Waals surface area contributed by atoms with Crippen LogP contribution in [0.15, 0.2) is 17.2 Å². The summed E-state index contributed by atoms with van der Waals surface area (Å²) in [5.74, 6) is -0.212. The molecule has 3 heterocycles. The number of hydrogen-bond acceptors (Lipinski definition) is 3. The normalized spacial score (nSPS) is 18.3. The number of nitrogens with zero attached hydrogens (tertiary/aromatic N) is 4. The average molecular weight is 306 g/mol. The van der Waals surface area contributed by atoms with Crippen LogP contribution >= 0.6 is 0 Å². The van der Waals surface area contributed by atoms with Crippen LogP contribution in [0, 0.1) is 6.92 Å². The molecule has 2 aromatic heterocycles. The van der Waals surface area contributed by atoms with Gasteiger partial charge in [0.05, 0.1) is 6.54 Å². The molecule has 2 aromatic rings. The number of likely N-dealkylation sites (tertiary alicyclic amines) is 1. The number of aromatic nitrogens is 3. The number of fused-ring (bicyclic) bond motifs is 1. The second-order valence-corrected chi connectivity index (χ2v) is 5.64. The van der Waals surface area contributed by atoms with E-state index in [0.717, 1.165) is 11.3 Å². The predicted molar refractivity (Wildman–Crippen MR) is 79.7 cm³/mol. The smallest absolute Gasteiger partial charge is 0.334 e. The van der Waals surface area contributed by atoms with Crippen molar-refractivity contribution in [3.8, 4) is 0 Å². The number of carbonyl (C=O) groups is 1. The minimum Gasteiger partial charge on any atom is -0.338 e. The lowest BCUT2D eigenvalue weighted by molar-refractivity contribution is -0.131. The highest BCUT2D eigenvalue weighted by Crippen LogP contribution is 2.15. The van der Waals surface area contributed by atoms with Gasteiger partial charge in [-0.05, 0) is 19.8 Å². The molecular formula is C15H19FN4O2. The standard InChI is InChI=1S/C15H19FN4O2/c1-3-12-10(2)14-17-5-7-19(14)15(22)20(12)9-13(21)18-6-4-11(16)8-18/h5,7,11H,3-4,6,8-9H2,1-2H3. The predicted octanol–water partition coefficient (Wildman–Crippen LogP) is 0.937. The van der Waals surface area contributed by atoms with Crippen LogP contribution < -0.4 is 5.69 Å². The molecule has 118 valence electrons. The molecule has 0 aliphatic carbocycles. The van der Waals surface area contributed by atoms with Crippen molar-refractivity contribution < 1.29 is 9.18 Å². The summed E-state index contributed by atoms with van der Waals surface area (Å²) < 4.78 is 16.2. The number of rotatable bonds is 3. The summed E-state index contributed by atoms with van der Waals surface area (Å²) in [5.41, 5.74) is 2.03. The van der Waals surface area contributed by atoms with Gasteiger partial charge in [-0.25, -0.2) is 14.2 Å². The topological polar surface area (TPSA) is 59.6 Å². The van der Waals surface area contributed by atoms with Gasteiger partial charge in [0, 0.05) is 30.2 Å². The second kappa shape index (κ2) is 5.55. The molecule has 1 aliphatic rings. The van der Waals surface area contributed by atoms with Crippen LogP contribution in [0.4, 0.5) is 4.39 Å². The maximum Gasteiger partial charge on any atom is 0.334 e. The number of aryl methyl sites for hydroxylation is 1. The quantitative estimate of drug-likeness (QED) is 0.848. The summed E-state index contributed by atoms with van der Waals surface area (Å²) in [6.45, 7) is 4.33. The Kier molecular flexibility index (Phi) is 3.72. The van der Waals surface area contributed by atoms with E-state index in [0.29, 0.717) is 25.0 Å². The van der Waals surface area contributed by atoms with E-state index in [1.165, 1.54) is 13.9 Å². The van der Waals surface area contributed by atoms with Gasteiger partial charge in [0.25, 0.3) is 0 Å². The van der Waals surface area contributed by atoms with E-state index in [9.17, 15) is 14.0 Å². The van der Waals surface area contributed by atoms with Gasteiger partial charge in [0.2, 0.25) is 5.91 Å². The van der Waals surface area contributed by atoms with Gasteiger partial charge in [-0.2, -0.15) is 0 Å². The average Bonchev–Trinajstić information content (AvgIpc) is 3.13. The molecule has 0 radical (unpaired) electrons. The Morgan fingerprint density at radius 1 is 1.50 bits per heavy atom. The fraction of sp³-hybridized carbons (Fsp3) is 0.533. The van der Waals surface area contributed by atoms with Crippen molar-refractivity contribution in [2.45, 2.75) is 39.4 Å². The third kappa shape index (κ3) is 2.30. The van der Waals surface area contributed by atoms with Crippen LogP contribution in [0.25, 0.3) is 5.65 Å². The Morgan fingerprint density at radius 3 is 2.91 bits per heavy atom. The first kappa shape index (κ1) is 14.7. The van der Waals surface area contributed by atoms with Crippen LogP contribution in [0.3, 0.4) is 0 Å². The van der Waals surface area contributed by atoms with Crippen LogP contribution in [0.1, 0.15) is 24.6 Å². The number of imidazole rings is 1. The van der Waals surface area contributed by atoms with E-state index in [2.05, 4.69) is 4.98 Å². The Hall–Kier alpha value is -2.18. The summed E-state index contributed by atoms with van der Waals surface area (Å²) in [6.07, 6.45) is 3.22. The zero-order valence-electron chi connectivity index (χ0n) is 12.8. The van der Waals surface area contributed by atoms with Crippen LogP contribution in [0.2, 0.25) is 0 Å². The van der Waals surface area contributed by atoms with Crippen molar-refractivity contribution in [2.24, 2.45) is 0 Å². The second-order valence-electron chi connectivity index (χ2n) is 5.64. The van der Waals surface area contributed by atoms with Crippen molar-refractivity contribution in [2.75, 3.05) is 13.1 Å². The van der Waals surface area contributed by atoms with E-state index in [1.54, 1.807) is 12.4 Å². The molecule has 0 aromatic carbocycles. The molecule has 0 spiro atoms. The van der Waals surface area contributed by atoms with Crippen LogP contribution in [-0.2, 0) is 17.8 Å². The zero-order valence-corrected chi connectivity index (χ0v) is 12.8. The molecule has 1 saturated heterocycles. The summed E-state index contributed by atoms with van der Waals surface area (Å²) in [7, 11) is 0. The first-order valence-electron chi connectivity index (χ1n) is 7.50. The summed E-state index contributed by atoms with van der Waals surface area (Å²) in [4.78, 5) is 30.6. The number of alkyl halides is 1. The van der Waals surface area contributed by atoms with E-state index in [1.807, 2.05) is 13.8 Å². The van der Waals surface area contributed by atoms with Gasteiger partial charge in [-0.15, -0.1) is 0 Å². The van der Waals surface area contributed by atoms with E-state index in [4.69, 9.17) is 0 Å². The fourth-order valence-electron chi connectivity index (χ4n) is 3.11. The number of carbonyl (C=O) groups excluding carboxylic acids is 1. The minimum absolute atomic E-state index is 0.0519. The van der Waals surface area contributed by atoms with E-state index < -0.39 is 6.17 Å². The Morgan fingerprint density at radius 2 is 2.27 bits per heavy atom. The molecule has 0 bridgehead atoms. The third-order valence-electron chi connectivity index (χ3n) is 4.28. The lowest BCUT2D eigenvalue weighted by atomic mass is 10.2. The Labute approximate surface area is 127 Å². The molecular weight excluding hydrogens is 287 g/mol. The first-order chi connectivity index (χ1) is 10.5. The number of halogens is 1. The Bertz CT molecular complexity index is 780. The highest BCUT2D eigenvalue weighted by Gasteiger charge is 2.27. The van der Waals surface area contributed by atoms with E-state index in [-0.39, 0.29) is 24.7 Å². The largest absolute Gasteiger partial charge is 0.338 e. The maximum absolute atomic E-state index is 13.3. The molecule has 6 nitrogen and oxygen atoms in total. The van der Waals surface area contributed by atoms with Crippen LogP contribution in [0.5, 0.6) is 0 Å². The minimum atomic E-state index is -0.954. The summed E-state index contributed by atoms with van der Waals surface area (Å²) in [6, 6.07) is 0. The zero-order chi connectivity index (χ0) is 15.9. The van der Waals surface area contributed by atoms with Crippen LogP contribution in [-0.4, -0.2) is 44.0 Å². The molecule has 3 rings (SSSR count). The molecule has 1 fully saturated rings. The fourth-order valence-corrected chi connectivity index (χ4v) is 3.11. The lowest BCUT2D eigenvalue weighted by Gasteiger charge is -2.19. The van der Waals surface area contributed by atoms with Crippen molar-refractivity contribution in [1.29, 1.82) is 0 Å². The molecule has 1 atom stereocenters. The molecule has 1 amide bonds. The van der Waals surface area contributed by atoms with Gasteiger partial charge in [0.1, 0.15) is 18.4 Å². The molecule has 0 saturated carbocycles. The van der Waals surface area contributed by atoms with Gasteiger partial charge < -0.3 is 4.90 Å². The van der Waals surface area contributed by atoms with Gasteiger partial charge in [-0.1, -0.05) is 6.92 Å². The van der Waals surface area contributed by atoms with Gasteiger partial charge in [0.15, 0.2) is 0 Å². The molecule has 22 heavy (non-hydrogen) atoms. The monoisotopic (exact) mass is 306 g/mol. The highest BCUT2D eigenvalue weighted by molar-refractivity contribution is 5.76. The van der Waals surface area contributed by atoms with Gasteiger partial charge >= 0.3 is 5.69 Å². The number of amides is 1. The molecule has 1 unspecified atom stereocenters. The first-order valence-corrected chi connectivity index (χ1v) is 7.50. The van der Waals surface area contributed by atoms with Crippen molar-refractivity contribution in [3.05, 3.63) is 34.1 Å². The van der Waals surface area contributed by atoms with Gasteiger partial charge in [-0.3, -0.25) is 13.8 Å². The maximum atomic E-state index is 13.3. The number of hydrogen-bond donors (Lipinski definition) is 0. The molecule has 7 heteroatoms. The molecule has 0 N–H and O–H groups in total. The lowest BCUT2D eigenvalue weighted by Crippen LogP contribution is -2.38. The summed E-state index contributed by atoms with van der Waals surface area (Å²) in [5, 5.41) is 0. The third-order valence-corrected chi connectivity index (χ3v) is 4.28. The van der Waals surface area contributed by atoms with E-state index >= 15 is 0 Å².